The van der Waals surface area contributed by atoms with E-state index in [9.17, 15) is 4.79 Å². The highest BCUT2D eigenvalue weighted by atomic mass is 16.5. The molecule has 0 amide bonds. The van der Waals surface area contributed by atoms with Gasteiger partial charge in [-0.2, -0.15) is 0 Å². The summed E-state index contributed by atoms with van der Waals surface area (Å²) in [6.07, 6.45) is 1.82. The number of aryl methyl sites for hydroxylation is 2. The SMILES string of the molecule is CCCc1nc(C(=O)OCC)cc2c3ccccc3n(C)c12. The number of benzene rings is 1. The molecule has 4 heteroatoms. The van der Waals surface area contributed by atoms with Crippen LogP contribution in [0.15, 0.2) is 30.3 Å². The molecule has 0 radical (unpaired) electrons. The number of para-hydroxylation sites is 1. The first-order chi connectivity index (χ1) is 10.7. The van der Waals surface area contributed by atoms with Crippen molar-refractivity contribution in [3.05, 3.63) is 41.7 Å². The number of carbonyl (C=O) groups excluding carboxylic acids is 1. The lowest BCUT2D eigenvalue weighted by molar-refractivity contribution is 0.0519. The lowest BCUT2D eigenvalue weighted by Gasteiger charge is -2.08. The van der Waals surface area contributed by atoms with Gasteiger partial charge in [-0.05, 0) is 25.5 Å². The Hall–Kier alpha value is -2.36. The second kappa shape index (κ2) is 5.79. The van der Waals surface area contributed by atoms with Gasteiger partial charge in [-0.3, -0.25) is 0 Å². The van der Waals surface area contributed by atoms with Crippen molar-refractivity contribution in [2.24, 2.45) is 7.05 Å². The standard InChI is InChI=1S/C18H20N2O2/c1-4-8-14-17-13(11-15(19-14)18(21)22-5-2)12-9-6-7-10-16(12)20(17)3/h6-7,9-11H,4-5,8H2,1-3H3. The summed E-state index contributed by atoms with van der Waals surface area (Å²) in [5.74, 6) is -0.352. The second-order valence-corrected chi connectivity index (χ2v) is 5.40. The fourth-order valence-electron chi connectivity index (χ4n) is 3.01. The van der Waals surface area contributed by atoms with Crippen molar-refractivity contribution in [2.45, 2.75) is 26.7 Å². The van der Waals surface area contributed by atoms with Crippen LogP contribution in [0.4, 0.5) is 0 Å². The minimum absolute atomic E-state index is 0.352. The molecular formula is C18H20N2O2. The van der Waals surface area contributed by atoms with Crippen LogP contribution in [-0.4, -0.2) is 22.1 Å². The van der Waals surface area contributed by atoms with Crippen LogP contribution >= 0.6 is 0 Å². The van der Waals surface area contributed by atoms with E-state index in [2.05, 4.69) is 35.7 Å². The van der Waals surface area contributed by atoms with Crippen LogP contribution in [0.2, 0.25) is 0 Å². The Morgan fingerprint density at radius 2 is 2.00 bits per heavy atom. The number of nitrogens with zero attached hydrogens (tertiary/aromatic N) is 2. The minimum Gasteiger partial charge on any atom is -0.461 e. The van der Waals surface area contributed by atoms with Gasteiger partial charge in [0.05, 0.1) is 17.8 Å². The predicted molar refractivity (Wildman–Crippen MR) is 88.2 cm³/mol. The monoisotopic (exact) mass is 296 g/mol. The average molecular weight is 296 g/mol. The third-order valence-electron chi connectivity index (χ3n) is 3.93. The molecule has 22 heavy (non-hydrogen) atoms. The maximum absolute atomic E-state index is 12.1. The van der Waals surface area contributed by atoms with Crippen LogP contribution in [0.5, 0.6) is 0 Å². The number of ether oxygens (including phenoxy) is 1. The van der Waals surface area contributed by atoms with Crippen molar-refractivity contribution in [2.75, 3.05) is 6.61 Å². The normalized spacial score (nSPS) is 11.2. The molecule has 1 aromatic carbocycles. The van der Waals surface area contributed by atoms with Gasteiger partial charge in [-0.15, -0.1) is 0 Å². The Kier molecular flexibility index (Phi) is 3.84. The molecule has 0 saturated carbocycles. The Bertz CT molecular complexity index is 849. The average Bonchev–Trinajstić information content (AvgIpc) is 2.82. The quantitative estimate of drug-likeness (QED) is 0.687. The van der Waals surface area contributed by atoms with Gasteiger partial charge in [0.25, 0.3) is 0 Å². The smallest absolute Gasteiger partial charge is 0.356 e. The number of fused-ring (bicyclic) bond motifs is 3. The summed E-state index contributed by atoms with van der Waals surface area (Å²) < 4.78 is 7.28. The number of pyridine rings is 1. The Morgan fingerprint density at radius 1 is 1.23 bits per heavy atom. The molecular weight excluding hydrogens is 276 g/mol. The third kappa shape index (κ3) is 2.25. The van der Waals surface area contributed by atoms with Gasteiger partial charge in [-0.1, -0.05) is 31.5 Å². The molecule has 0 bridgehead atoms. The fraction of sp³-hybridized carbons (Fsp3) is 0.333. The number of rotatable bonds is 4. The van der Waals surface area contributed by atoms with Crippen LogP contribution in [-0.2, 0) is 18.2 Å². The van der Waals surface area contributed by atoms with E-state index in [1.54, 1.807) is 6.92 Å². The van der Waals surface area contributed by atoms with Gasteiger partial charge in [0, 0.05) is 23.3 Å². The lowest BCUT2D eigenvalue weighted by atomic mass is 10.1. The molecule has 0 spiro atoms. The molecule has 3 aromatic rings. The van der Waals surface area contributed by atoms with E-state index in [4.69, 9.17) is 4.74 Å². The number of esters is 1. The number of hydrogen-bond donors (Lipinski definition) is 0. The third-order valence-corrected chi connectivity index (χ3v) is 3.93. The zero-order valence-corrected chi connectivity index (χ0v) is 13.2. The summed E-state index contributed by atoms with van der Waals surface area (Å²) in [5.41, 5.74) is 3.62. The Balaban J connectivity index is 2.35. The number of hydrogen-bond acceptors (Lipinski definition) is 3. The highest BCUT2D eigenvalue weighted by molar-refractivity contribution is 6.10. The Labute approximate surface area is 129 Å². The topological polar surface area (TPSA) is 44.1 Å². The predicted octanol–water partition coefficient (Wildman–Crippen LogP) is 3.86. The van der Waals surface area contributed by atoms with Crippen molar-refractivity contribution < 1.29 is 9.53 Å². The van der Waals surface area contributed by atoms with Crippen molar-refractivity contribution in [3.63, 3.8) is 0 Å². The van der Waals surface area contributed by atoms with E-state index in [0.29, 0.717) is 12.3 Å². The summed E-state index contributed by atoms with van der Waals surface area (Å²) >= 11 is 0. The second-order valence-electron chi connectivity index (χ2n) is 5.40. The summed E-state index contributed by atoms with van der Waals surface area (Å²) in [5, 5.41) is 2.21. The molecule has 2 aromatic heterocycles. The molecule has 3 rings (SSSR count). The number of aromatic nitrogens is 2. The molecule has 0 unspecified atom stereocenters. The van der Waals surface area contributed by atoms with Gasteiger partial charge < -0.3 is 9.30 Å². The van der Waals surface area contributed by atoms with Gasteiger partial charge in [0.15, 0.2) is 0 Å². The maximum Gasteiger partial charge on any atom is 0.356 e. The van der Waals surface area contributed by atoms with E-state index in [0.717, 1.165) is 40.3 Å². The van der Waals surface area contributed by atoms with Gasteiger partial charge in [-0.25, -0.2) is 9.78 Å². The van der Waals surface area contributed by atoms with E-state index >= 15 is 0 Å². The van der Waals surface area contributed by atoms with Gasteiger partial charge >= 0.3 is 5.97 Å². The molecule has 4 nitrogen and oxygen atoms in total. The first-order valence-electron chi connectivity index (χ1n) is 7.71. The van der Waals surface area contributed by atoms with E-state index in [1.165, 1.54) is 0 Å². The van der Waals surface area contributed by atoms with Crippen molar-refractivity contribution in [3.8, 4) is 0 Å². The van der Waals surface area contributed by atoms with Crippen LogP contribution in [0.1, 0.15) is 36.5 Å². The summed E-state index contributed by atoms with van der Waals surface area (Å²) in [4.78, 5) is 16.7. The zero-order valence-electron chi connectivity index (χ0n) is 13.2. The van der Waals surface area contributed by atoms with E-state index in [-0.39, 0.29) is 5.97 Å². The zero-order chi connectivity index (χ0) is 15.7. The minimum atomic E-state index is -0.352. The lowest BCUT2D eigenvalue weighted by Crippen LogP contribution is -2.09. The van der Waals surface area contributed by atoms with E-state index < -0.39 is 0 Å². The maximum atomic E-state index is 12.1. The van der Waals surface area contributed by atoms with E-state index in [1.807, 2.05) is 18.2 Å². The highest BCUT2D eigenvalue weighted by Crippen LogP contribution is 2.30. The highest BCUT2D eigenvalue weighted by Gasteiger charge is 2.17. The molecule has 0 aliphatic carbocycles. The summed E-state index contributed by atoms with van der Waals surface area (Å²) in [7, 11) is 2.05. The number of carbonyl (C=O) groups is 1. The van der Waals surface area contributed by atoms with Crippen molar-refractivity contribution >= 4 is 27.8 Å². The summed E-state index contributed by atoms with van der Waals surface area (Å²) in [6, 6.07) is 10.1. The summed E-state index contributed by atoms with van der Waals surface area (Å²) in [6.45, 7) is 4.28. The molecule has 0 atom stereocenters. The van der Waals surface area contributed by atoms with Crippen molar-refractivity contribution in [1.29, 1.82) is 0 Å². The van der Waals surface area contributed by atoms with Crippen LogP contribution in [0, 0.1) is 0 Å². The van der Waals surface area contributed by atoms with Gasteiger partial charge in [0.2, 0.25) is 0 Å². The van der Waals surface area contributed by atoms with Gasteiger partial charge in [0.1, 0.15) is 5.69 Å². The van der Waals surface area contributed by atoms with Crippen LogP contribution in [0.3, 0.4) is 0 Å². The Morgan fingerprint density at radius 3 is 2.73 bits per heavy atom. The van der Waals surface area contributed by atoms with Crippen LogP contribution in [0.25, 0.3) is 21.8 Å². The van der Waals surface area contributed by atoms with Crippen LogP contribution < -0.4 is 0 Å². The largest absolute Gasteiger partial charge is 0.461 e. The molecule has 0 saturated heterocycles. The molecule has 2 heterocycles. The molecule has 114 valence electrons. The first-order valence-corrected chi connectivity index (χ1v) is 7.71. The molecule has 0 aliphatic heterocycles. The molecule has 0 fully saturated rings. The molecule has 0 aliphatic rings. The fourth-order valence-corrected chi connectivity index (χ4v) is 3.01. The molecule has 0 N–H and O–H groups in total. The first kappa shape index (κ1) is 14.6. The van der Waals surface area contributed by atoms with Crippen molar-refractivity contribution in [1.82, 2.24) is 9.55 Å².